The number of carbonyl (C=O) groups excluding carboxylic acids is 2. The van der Waals surface area contributed by atoms with Crippen LogP contribution < -0.4 is 10.1 Å². The molecule has 1 aromatic heterocycles. The number of ether oxygens (including phenoxy) is 2. The maximum atomic E-state index is 12.2. The lowest BCUT2D eigenvalue weighted by Gasteiger charge is -2.16. The molecule has 0 aliphatic rings. The Morgan fingerprint density at radius 2 is 2.12 bits per heavy atom. The molecule has 0 bridgehead atoms. The Bertz CT molecular complexity index is 690. The van der Waals surface area contributed by atoms with E-state index in [-0.39, 0.29) is 24.3 Å². The summed E-state index contributed by atoms with van der Waals surface area (Å²) in [6.45, 7) is 0.449. The summed E-state index contributed by atoms with van der Waals surface area (Å²) in [4.78, 5) is 24.6. The van der Waals surface area contributed by atoms with Gasteiger partial charge in [0.2, 0.25) is 5.91 Å². The second-order valence-electron chi connectivity index (χ2n) is 5.33. The quantitative estimate of drug-likeness (QED) is 0.485. The lowest BCUT2D eigenvalue weighted by molar-refractivity contribution is -0.141. The van der Waals surface area contributed by atoms with E-state index in [0.29, 0.717) is 19.4 Å². The molecule has 0 radical (unpaired) electrons. The van der Waals surface area contributed by atoms with Gasteiger partial charge in [-0.1, -0.05) is 28.1 Å². The van der Waals surface area contributed by atoms with Gasteiger partial charge in [0, 0.05) is 15.8 Å². The number of esters is 1. The number of benzene rings is 1. The summed E-state index contributed by atoms with van der Waals surface area (Å²) in [5.41, 5.74) is 0. The van der Waals surface area contributed by atoms with E-state index in [2.05, 4.69) is 21.2 Å². The van der Waals surface area contributed by atoms with Crippen molar-refractivity contribution >= 4 is 39.1 Å². The van der Waals surface area contributed by atoms with Gasteiger partial charge >= 0.3 is 5.97 Å². The molecule has 0 aliphatic carbocycles. The first-order valence-corrected chi connectivity index (χ1v) is 9.53. The Labute approximate surface area is 159 Å². The molecule has 1 heterocycles. The Balaban J connectivity index is 1.77. The number of halogens is 1. The predicted octanol–water partition coefficient (Wildman–Crippen LogP) is 4.09. The van der Waals surface area contributed by atoms with Crippen molar-refractivity contribution in [2.45, 2.75) is 25.3 Å². The molecule has 0 spiro atoms. The number of thiophene rings is 1. The lowest BCUT2D eigenvalue weighted by Crippen LogP contribution is -2.30. The van der Waals surface area contributed by atoms with Gasteiger partial charge in [-0.3, -0.25) is 9.59 Å². The molecule has 0 saturated heterocycles. The highest BCUT2D eigenvalue weighted by Crippen LogP contribution is 2.23. The van der Waals surface area contributed by atoms with Crippen LogP contribution in [0.25, 0.3) is 0 Å². The van der Waals surface area contributed by atoms with E-state index in [1.165, 1.54) is 18.4 Å². The fourth-order valence-electron chi connectivity index (χ4n) is 2.21. The zero-order valence-electron chi connectivity index (χ0n) is 13.9. The van der Waals surface area contributed by atoms with E-state index >= 15 is 0 Å². The summed E-state index contributed by atoms with van der Waals surface area (Å²) in [5.74, 6) is 0.300. The number of rotatable bonds is 9. The van der Waals surface area contributed by atoms with E-state index in [0.717, 1.165) is 15.1 Å². The number of hydrogen-bond donors (Lipinski definition) is 1. The first-order chi connectivity index (χ1) is 12.1. The van der Waals surface area contributed by atoms with Crippen molar-refractivity contribution in [2.75, 3.05) is 13.7 Å². The van der Waals surface area contributed by atoms with Gasteiger partial charge in [-0.15, -0.1) is 11.3 Å². The number of nitrogens with one attached hydrogen (secondary N) is 1. The molecule has 1 aromatic carbocycles. The average molecular weight is 426 g/mol. The summed E-state index contributed by atoms with van der Waals surface area (Å²) in [5, 5.41) is 4.81. The third-order valence-corrected chi connectivity index (χ3v) is 4.91. The van der Waals surface area contributed by atoms with Crippen LogP contribution in [0.1, 0.15) is 30.2 Å². The molecule has 1 unspecified atom stereocenters. The first kappa shape index (κ1) is 19.5. The number of methoxy groups -OCH3 is 1. The molecule has 2 aromatic rings. The predicted molar refractivity (Wildman–Crippen MR) is 101 cm³/mol. The van der Waals surface area contributed by atoms with Crippen molar-refractivity contribution in [1.82, 2.24) is 5.32 Å². The van der Waals surface area contributed by atoms with Gasteiger partial charge in [0.15, 0.2) is 0 Å². The largest absolute Gasteiger partial charge is 0.494 e. The summed E-state index contributed by atoms with van der Waals surface area (Å²) >= 11 is 4.89. The Hall–Kier alpha value is -1.86. The van der Waals surface area contributed by atoms with E-state index in [4.69, 9.17) is 9.47 Å². The second-order valence-corrected chi connectivity index (χ2v) is 7.22. The third kappa shape index (κ3) is 6.88. The smallest absolute Gasteiger partial charge is 0.307 e. The van der Waals surface area contributed by atoms with Crippen LogP contribution in [0.15, 0.2) is 46.3 Å². The normalized spacial score (nSPS) is 11.6. The fourth-order valence-corrected chi connectivity index (χ4v) is 3.36. The molecule has 2 rings (SSSR count). The highest BCUT2D eigenvalue weighted by Gasteiger charge is 2.19. The van der Waals surface area contributed by atoms with E-state index in [1.54, 1.807) is 0 Å². The van der Waals surface area contributed by atoms with Gasteiger partial charge < -0.3 is 14.8 Å². The Kier molecular flexibility index (Phi) is 7.94. The Morgan fingerprint density at radius 1 is 1.28 bits per heavy atom. The third-order valence-electron chi connectivity index (χ3n) is 3.43. The van der Waals surface area contributed by atoms with Crippen molar-refractivity contribution in [3.05, 3.63) is 51.1 Å². The van der Waals surface area contributed by atoms with Gasteiger partial charge in [-0.25, -0.2) is 0 Å². The van der Waals surface area contributed by atoms with Crippen LogP contribution in [-0.2, 0) is 14.3 Å². The Morgan fingerprint density at radius 3 is 2.80 bits per heavy atom. The number of hydrogen-bond acceptors (Lipinski definition) is 5. The molecular formula is C18H20BrNO4S. The highest BCUT2D eigenvalue weighted by molar-refractivity contribution is 9.10. The van der Waals surface area contributed by atoms with Gasteiger partial charge in [0.05, 0.1) is 26.2 Å². The lowest BCUT2D eigenvalue weighted by atomic mass is 10.1. The SMILES string of the molecule is COC(=O)CC(NC(=O)CCCOc1cccc(Br)c1)c1cccs1. The molecule has 1 atom stereocenters. The van der Waals surface area contributed by atoms with E-state index in [1.807, 2.05) is 41.8 Å². The molecule has 1 N–H and O–H groups in total. The first-order valence-electron chi connectivity index (χ1n) is 7.86. The topological polar surface area (TPSA) is 64.6 Å². The van der Waals surface area contributed by atoms with Crippen LogP contribution in [0, 0.1) is 0 Å². The number of carbonyl (C=O) groups is 2. The summed E-state index contributed by atoms with van der Waals surface area (Å²) < 4.78 is 11.3. The molecule has 0 aliphatic heterocycles. The van der Waals surface area contributed by atoms with Gasteiger partial charge in [-0.2, -0.15) is 0 Å². The molecule has 0 saturated carbocycles. The van der Waals surface area contributed by atoms with Crippen LogP contribution >= 0.6 is 27.3 Å². The van der Waals surface area contributed by atoms with Crippen molar-refractivity contribution < 1.29 is 19.1 Å². The van der Waals surface area contributed by atoms with Crippen LogP contribution in [-0.4, -0.2) is 25.6 Å². The minimum absolute atomic E-state index is 0.111. The zero-order chi connectivity index (χ0) is 18.1. The van der Waals surface area contributed by atoms with Crippen LogP contribution in [0.3, 0.4) is 0 Å². The molecular weight excluding hydrogens is 406 g/mol. The average Bonchev–Trinajstić information content (AvgIpc) is 3.12. The van der Waals surface area contributed by atoms with E-state index in [9.17, 15) is 9.59 Å². The highest BCUT2D eigenvalue weighted by atomic mass is 79.9. The van der Waals surface area contributed by atoms with Crippen molar-refractivity contribution in [2.24, 2.45) is 0 Å². The fraction of sp³-hybridized carbons (Fsp3) is 0.333. The maximum absolute atomic E-state index is 12.2. The van der Waals surface area contributed by atoms with Gasteiger partial charge in [0.25, 0.3) is 0 Å². The number of amides is 1. The summed E-state index contributed by atoms with van der Waals surface area (Å²) in [6.07, 6.45) is 1.04. The van der Waals surface area contributed by atoms with Crippen molar-refractivity contribution in [1.29, 1.82) is 0 Å². The van der Waals surface area contributed by atoms with Gasteiger partial charge in [0.1, 0.15) is 5.75 Å². The van der Waals surface area contributed by atoms with E-state index < -0.39 is 0 Å². The van der Waals surface area contributed by atoms with Crippen molar-refractivity contribution in [3.63, 3.8) is 0 Å². The summed E-state index contributed by atoms with van der Waals surface area (Å²) in [7, 11) is 1.34. The molecule has 0 fully saturated rings. The van der Waals surface area contributed by atoms with Crippen LogP contribution in [0.5, 0.6) is 5.75 Å². The van der Waals surface area contributed by atoms with Crippen molar-refractivity contribution in [3.8, 4) is 5.75 Å². The molecule has 1 amide bonds. The maximum Gasteiger partial charge on any atom is 0.307 e. The molecule has 25 heavy (non-hydrogen) atoms. The molecule has 7 heteroatoms. The summed E-state index contributed by atoms with van der Waals surface area (Å²) in [6, 6.07) is 11.0. The van der Waals surface area contributed by atoms with Crippen LogP contribution in [0.4, 0.5) is 0 Å². The minimum Gasteiger partial charge on any atom is -0.494 e. The van der Waals surface area contributed by atoms with Gasteiger partial charge in [-0.05, 0) is 36.1 Å². The minimum atomic E-state index is -0.356. The van der Waals surface area contributed by atoms with Crippen LogP contribution in [0.2, 0.25) is 0 Å². The zero-order valence-corrected chi connectivity index (χ0v) is 16.3. The molecule has 134 valence electrons. The molecule has 5 nitrogen and oxygen atoms in total. The standard InChI is InChI=1S/C18H20BrNO4S/c1-23-18(22)12-15(16-7-4-10-25-16)20-17(21)8-3-9-24-14-6-2-5-13(19)11-14/h2,4-7,10-11,15H,3,8-9,12H2,1H3,(H,20,21). The monoisotopic (exact) mass is 425 g/mol. The second kappa shape index (κ2) is 10.2.